The van der Waals surface area contributed by atoms with E-state index in [2.05, 4.69) is 5.32 Å². The number of hydrogen-bond donors (Lipinski definition) is 1. The minimum atomic E-state index is -0.466. The zero-order chi connectivity index (χ0) is 13.0. The van der Waals surface area contributed by atoms with Crippen LogP contribution in [-0.2, 0) is 16.1 Å². The Morgan fingerprint density at radius 3 is 2.67 bits per heavy atom. The molecule has 1 fully saturated rings. The lowest BCUT2D eigenvalue weighted by Crippen LogP contribution is -2.33. The van der Waals surface area contributed by atoms with Gasteiger partial charge in [-0.05, 0) is 6.07 Å². The fourth-order valence-electron chi connectivity index (χ4n) is 1.80. The van der Waals surface area contributed by atoms with Gasteiger partial charge in [0.05, 0.1) is 14.2 Å². The molecule has 1 aliphatic rings. The standard InChI is InChI=1S/C13H17NO4/c1-16-11-4-3-10(12(7-11)17-2)8-14-13(5-6-13)18-9-15/h3-4,7,9,14H,5-6,8H2,1-2H3. The molecule has 18 heavy (non-hydrogen) atoms. The molecular formula is C13H17NO4. The van der Waals surface area contributed by atoms with Crippen LogP contribution in [-0.4, -0.2) is 26.4 Å². The van der Waals surface area contributed by atoms with Crippen molar-refractivity contribution in [3.8, 4) is 11.5 Å². The van der Waals surface area contributed by atoms with Crippen LogP contribution in [0.25, 0.3) is 0 Å². The van der Waals surface area contributed by atoms with Gasteiger partial charge in [0.25, 0.3) is 6.47 Å². The summed E-state index contributed by atoms with van der Waals surface area (Å²) in [6.07, 6.45) is 1.70. The van der Waals surface area contributed by atoms with Gasteiger partial charge in [-0.15, -0.1) is 0 Å². The highest BCUT2D eigenvalue weighted by Crippen LogP contribution is 2.36. The highest BCUT2D eigenvalue weighted by atomic mass is 16.6. The number of ether oxygens (including phenoxy) is 3. The van der Waals surface area contributed by atoms with Crippen LogP contribution in [0.1, 0.15) is 18.4 Å². The molecule has 5 nitrogen and oxygen atoms in total. The molecule has 0 atom stereocenters. The number of methoxy groups -OCH3 is 2. The number of nitrogens with one attached hydrogen (secondary N) is 1. The van der Waals surface area contributed by atoms with Crippen molar-refractivity contribution in [3.05, 3.63) is 23.8 Å². The van der Waals surface area contributed by atoms with Crippen LogP contribution in [0.5, 0.6) is 11.5 Å². The summed E-state index contributed by atoms with van der Waals surface area (Å²) in [6.45, 7) is 1.08. The molecule has 1 N–H and O–H groups in total. The molecule has 0 radical (unpaired) electrons. The van der Waals surface area contributed by atoms with E-state index in [0.29, 0.717) is 13.0 Å². The highest BCUT2D eigenvalue weighted by Gasteiger charge is 2.44. The Labute approximate surface area is 106 Å². The van der Waals surface area contributed by atoms with Crippen molar-refractivity contribution in [2.45, 2.75) is 25.1 Å². The number of benzene rings is 1. The minimum absolute atomic E-state index is 0.466. The maximum absolute atomic E-state index is 10.4. The van der Waals surface area contributed by atoms with Crippen LogP contribution in [0.15, 0.2) is 18.2 Å². The van der Waals surface area contributed by atoms with Crippen molar-refractivity contribution < 1.29 is 19.0 Å². The fourth-order valence-corrected chi connectivity index (χ4v) is 1.80. The predicted octanol–water partition coefficient (Wildman–Crippen LogP) is 1.46. The maximum atomic E-state index is 10.4. The monoisotopic (exact) mass is 251 g/mol. The Morgan fingerprint density at radius 1 is 1.33 bits per heavy atom. The molecule has 0 aromatic heterocycles. The first-order valence-electron chi connectivity index (χ1n) is 5.80. The van der Waals surface area contributed by atoms with E-state index >= 15 is 0 Å². The Bertz CT molecular complexity index is 429. The zero-order valence-corrected chi connectivity index (χ0v) is 10.6. The predicted molar refractivity (Wildman–Crippen MR) is 65.5 cm³/mol. The lowest BCUT2D eigenvalue weighted by molar-refractivity contribution is -0.137. The molecule has 0 unspecified atom stereocenters. The van der Waals surface area contributed by atoms with Crippen LogP contribution in [0.3, 0.4) is 0 Å². The molecule has 5 heteroatoms. The van der Waals surface area contributed by atoms with E-state index in [4.69, 9.17) is 14.2 Å². The molecule has 0 spiro atoms. The minimum Gasteiger partial charge on any atom is -0.497 e. The van der Waals surface area contributed by atoms with E-state index < -0.39 is 5.72 Å². The normalized spacial score (nSPS) is 15.9. The van der Waals surface area contributed by atoms with E-state index in [1.807, 2.05) is 18.2 Å². The van der Waals surface area contributed by atoms with Gasteiger partial charge in [-0.2, -0.15) is 0 Å². The van der Waals surface area contributed by atoms with Crippen LogP contribution in [0.2, 0.25) is 0 Å². The number of carbonyl (C=O) groups is 1. The second-order valence-electron chi connectivity index (χ2n) is 4.24. The lowest BCUT2D eigenvalue weighted by atomic mass is 10.2. The molecule has 0 bridgehead atoms. The molecule has 98 valence electrons. The molecule has 0 aliphatic heterocycles. The van der Waals surface area contributed by atoms with Gasteiger partial charge < -0.3 is 14.2 Å². The average molecular weight is 251 g/mol. The van der Waals surface area contributed by atoms with Gasteiger partial charge in [0.1, 0.15) is 11.5 Å². The first kappa shape index (κ1) is 12.7. The Hall–Kier alpha value is -1.75. The lowest BCUT2D eigenvalue weighted by Gasteiger charge is -2.17. The molecular weight excluding hydrogens is 234 g/mol. The summed E-state index contributed by atoms with van der Waals surface area (Å²) < 4.78 is 15.5. The van der Waals surface area contributed by atoms with Crippen molar-refractivity contribution in [1.82, 2.24) is 5.32 Å². The molecule has 1 saturated carbocycles. The summed E-state index contributed by atoms with van der Waals surface area (Å²) in [4.78, 5) is 10.4. The largest absolute Gasteiger partial charge is 0.497 e. The summed E-state index contributed by atoms with van der Waals surface area (Å²) in [5.74, 6) is 1.50. The first-order valence-corrected chi connectivity index (χ1v) is 5.80. The smallest absolute Gasteiger partial charge is 0.294 e. The maximum Gasteiger partial charge on any atom is 0.294 e. The van der Waals surface area contributed by atoms with Gasteiger partial charge in [-0.1, -0.05) is 6.07 Å². The highest BCUT2D eigenvalue weighted by molar-refractivity contribution is 5.41. The molecule has 0 heterocycles. The Balaban J connectivity index is 2.02. The van der Waals surface area contributed by atoms with Gasteiger partial charge in [-0.3, -0.25) is 10.1 Å². The Morgan fingerprint density at radius 2 is 2.11 bits per heavy atom. The van der Waals surface area contributed by atoms with Gasteiger partial charge in [0, 0.05) is 31.0 Å². The second-order valence-corrected chi connectivity index (χ2v) is 4.24. The number of carbonyl (C=O) groups excluding carboxylic acids is 1. The van der Waals surface area contributed by atoms with E-state index in [-0.39, 0.29) is 0 Å². The summed E-state index contributed by atoms with van der Waals surface area (Å²) >= 11 is 0. The second kappa shape index (κ2) is 5.27. The number of rotatable bonds is 7. The van der Waals surface area contributed by atoms with E-state index in [1.165, 1.54) is 0 Å². The zero-order valence-electron chi connectivity index (χ0n) is 10.6. The van der Waals surface area contributed by atoms with Crippen molar-refractivity contribution >= 4 is 6.47 Å². The summed E-state index contributed by atoms with van der Waals surface area (Å²) in [6, 6.07) is 5.64. The molecule has 1 aromatic carbocycles. The van der Waals surface area contributed by atoms with Crippen molar-refractivity contribution in [2.24, 2.45) is 0 Å². The topological polar surface area (TPSA) is 56.8 Å². The first-order chi connectivity index (χ1) is 8.73. The molecule has 1 aliphatic carbocycles. The summed E-state index contributed by atoms with van der Waals surface area (Å²) in [5.41, 5.74) is 0.534. The van der Waals surface area contributed by atoms with Crippen LogP contribution in [0.4, 0.5) is 0 Å². The summed E-state index contributed by atoms with van der Waals surface area (Å²) in [7, 11) is 3.23. The van der Waals surface area contributed by atoms with Crippen molar-refractivity contribution in [3.63, 3.8) is 0 Å². The third-order valence-corrected chi connectivity index (χ3v) is 3.07. The van der Waals surface area contributed by atoms with Gasteiger partial charge >= 0.3 is 0 Å². The fraction of sp³-hybridized carbons (Fsp3) is 0.462. The van der Waals surface area contributed by atoms with E-state index in [1.54, 1.807) is 14.2 Å². The molecule has 0 saturated heterocycles. The van der Waals surface area contributed by atoms with Gasteiger partial charge in [-0.25, -0.2) is 0 Å². The SMILES string of the molecule is COc1ccc(CNC2(OC=O)CC2)c(OC)c1. The third-order valence-electron chi connectivity index (χ3n) is 3.07. The van der Waals surface area contributed by atoms with Crippen molar-refractivity contribution in [1.29, 1.82) is 0 Å². The van der Waals surface area contributed by atoms with Crippen molar-refractivity contribution in [2.75, 3.05) is 14.2 Å². The quantitative estimate of drug-likeness (QED) is 0.587. The third kappa shape index (κ3) is 2.73. The van der Waals surface area contributed by atoms with Gasteiger partial charge in [0.2, 0.25) is 0 Å². The van der Waals surface area contributed by atoms with E-state index in [0.717, 1.165) is 29.9 Å². The molecule has 0 amide bonds. The number of hydrogen-bond acceptors (Lipinski definition) is 5. The average Bonchev–Trinajstić information content (AvgIpc) is 3.17. The summed E-state index contributed by atoms with van der Waals surface area (Å²) in [5, 5.41) is 3.23. The van der Waals surface area contributed by atoms with E-state index in [9.17, 15) is 4.79 Å². The Kier molecular flexibility index (Phi) is 3.72. The molecule has 1 aromatic rings. The molecule has 2 rings (SSSR count). The van der Waals surface area contributed by atoms with Gasteiger partial charge in [0.15, 0.2) is 5.72 Å². The van der Waals surface area contributed by atoms with Crippen LogP contribution >= 0.6 is 0 Å². The van der Waals surface area contributed by atoms with Crippen LogP contribution in [0, 0.1) is 0 Å². The van der Waals surface area contributed by atoms with Crippen LogP contribution < -0.4 is 14.8 Å².